The van der Waals surface area contributed by atoms with Crippen LogP contribution in [0.1, 0.15) is 35.5 Å². The fourth-order valence-electron chi connectivity index (χ4n) is 2.78. The van der Waals surface area contributed by atoms with Crippen molar-refractivity contribution >= 4 is 29.0 Å². The smallest absolute Gasteiger partial charge is 0.255 e. The Morgan fingerprint density at radius 1 is 1.25 bits per heavy atom. The standard InChI is InChI=1S/C21H22FN3O3/c1-21(2,12-26)23-20(27)15-9-11-17-18(19(15)28-3)16(24-25-17)10-6-13-4-7-14(22)8-5-13/h4-11,26H,12H2,1-3H3,(H,23,27)(H,24,25). The number of carbonyl (C=O) groups excluding carboxylic acids is 1. The minimum absolute atomic E-state index is 0.194. The monoisotopic (exact) mass is 383 g/mol. The first kappa shape index (κ1) is 19.6. The quantitative estimate of drug-likeness (QED) is 0.609. The molecule has 6 nitrogen and oxygen atoms in total. The molecule has 0 radical (unpaired) electrons. The molecule has 0 saturated heterocycles. The summed E-state index contributed by atoms with van der Waals surface area (Å²) in [7, 11) is 1.49. The van der Waals surface area contributed by atoms with Crippen LogP contribution in [0, 0.1) is 5.82 Å². The average Bonchev–Trinajstić information content (AvgIpc) is 3.09. The number of nitrogens with zero attached hydrogens (tertiary/aromatic N) is 1. The normalized spacial score (nSPS) is 11.9. The highest BCUT2D eigenvalue weighted by molar-refractivity contribution is 6.05. The van der Waals surface area contributed by atoms with Gasteiger partial charge in [-0.05, 0) is 49.8 Å². The number of methoxy groups -OCH3 is 1. The minimum Gasteiger partial charge on any atom is -0.495 e. The molecule has 3 rings (SSSR count). The van der Waals surface area contributed by atoms with Crippen LogP contribution in [0.4, 0.5) is 4.39 Å². The van der Waals surface area contributed by atoms with Crippen LogP contribution < -0.4 is 10.1 Å². The minimum atomic E-state index is -0.765. The molecule has 0 bridgehead atoms. The van der Waals surface area contributed by atoms with Crippen LogP contribution in [0.15, 0.2) is 36.4 Å². The van der Waals surface area contributed by atoms with Crippen LogP contribution in [0.3, 0.4) is 0 Å². The topological polar surface area (TPSA) is 87.2 Å². The maximum Gasteiger partial charge on any atom is 0.255 e. The molecule has 0 spiro atoms. The molecular weight excluding hydrogens is 361 g/mol. The number of aromatic amines is 1. The number of aromatic nitrogens is 2. The maximum absolute atomic E-state index is 13.1. The third-order valence-corrected chi connectivity index (χ3v) is 4.31. The molecule has 0 atom stereocenters. The van der Waals surface area contributed by atoms with Gasteiger partial charge in [-0.1, -0.05) is 18.2 Å². The highest BCUT2D eigenvalue weighted by atomic mass is 19.1. The Bertz CT molecular complexity index is 1020. The number of ether oxygens (including phenoxy) is 1. The van der Waals surface area contributed by atoms with Gasteiger partial charge in [-0.15, -0.1) is 0 Å². The van der Waals surface area contributed by atoms with Crippen molar-refractivity contribution in [2.24, 2.45) is 0 Å². The van der Waals surface area contributed by atoms with E-state index in [2.05, 4.69) is 15.5 Å². The van der Waals surface area contributed by atoms with Crippen molar-refractivity contribution in [3.63, 3.8) is 0 Å². The number of hydrogen-bond acceptors (Lipinski definition) is 4. The second-order valence-corrected chi connectivity index (χ2v) is 7.06. The zero-order valence-electron chi connectivity index (χ0n) is 15.9. The van der Waals surface area contributed by atoms with E-state index in [1.807, 2.05) is 0 Å². The molecule has 1 heterocycles. The summed E-state index contributed by atoms with van der Waals surface area (Å²) in [4.78, 5) is 12.7. The second kappa shape index (κ2) is 7.82. The Balaban J connectivity index is 2.01. The van der Waals surface area contributed by atoms with Gasteiger partial charge in [-0.2, -0.15) is 5.10 Å². The molecule has 2 aromatic carbocycles. The summed E-state index contributed by atoms with van der Waals surface area (Å²) < 4.78 is 18.6. The zero-order valence-corrected chi connectivity index (χ0v) is 15.9. The first-order valence-electron chi connectivity index (χ1n) is 8.77. The van der Waals surface area contributed by atoms with Crippen molar-refractivity contribution in [3.05, 3.63) is 59.0 Å². The van der Waals surface area contributed by atoms with Crippen molar-refractivity contribution in [1.29, 1.82) is 0 Å². The molecule has 0 aliphatic heterocycles. The average molecular weight is 383 g/mol. The lowest BCUT2D eigenvalue weighted by atomic mass is 10.0. The third-order valence-electron chi connectivity index (χ3n) is 4.31. The van der Waals surface area contributed by atoms with Gasteiger partial charge < -0.3 is 15.2 Å². The van der Waals surface area contributed by atoms with Crippen LogP contribution >= 0.6 is 0 Å². The molecule has 0 aliphatic carbocycles. The molecule has 3 N–H and O–H groups in total. The van der Waals surface area contributed by atoms with Crippen LogP contribution in [-0.4, -0.2) is 40.5 Å². The molecule has 0 fully saturated rings. The van der Waals surface area contributed by atoms with Gasteiger partial charge in [0.25, 0.3) is 5.91 Å². The van der Waals surface area contributed by atoms with Gasteiger partial charge in [0.05, 0.1) is 41.4 Å². The van der Waals surface area contributed by atoms with E-state index < -0.39 is 5.54 Å². The lowest BCUT2D eigenvalue weighted by Gasteiger charge is -2.24. The zero-order chi connectivity index (χ0) is 20.3. The predicted octanol–water partition coefficient (Wildman–Crippen LogP) is 3.38. The number of aliphatic hydroxyl groups is 1. The van der Waals surface area contributed by atoms with E-state index in [1.165, 1.54) is 19.2 Å². The number of hydrogen-bond donors (Lipinski definition) is 3. The lowest BCUT2D eigenvalue weighted by molar-refractivity contribution is 0.0866. The highest BCUT2D eigenvalue weighted by Crippen LogP contribution is 2.32. The van der Waals surface area contributed by atoms with Crippen LogP contribution in [0.5, 0.6) is 5.75 Å². The van der Waals surface area contributed by atoms with Crippen molar-refractivity contribution in [2.75, 3.05) is 13.7 Å². The number of halogens is 1. The number of carbonyl (C=O) groups is 1. The lowest BCUT2D eigenvalue weighted by Crippen LogP contribution is -2.46. The van der Waals surface area contributed by atoms with E-state index in [1.54, 1.807) is 50.3 Å². The molecule has 1 aromatic heterocycles. The molecule has 0 unspecified atom stereocenters. The van der Waals surface area contributed by atoms with Gasteiger partial charge in [0.15, 0.2) is 0 Å². The van der Waals surface area contributed by atoms with Crippen molar-refractivity contribution in [1.82, 2.24) is 15.5 Å². The van der Waals surface area contributed by atoms with E-state index >= 15 is 0 Å². The van der Waals surface area contributed by atoms with Crippen LogP contribution in [0.25, 0.3) is 23.1 Å². The number of nitrogens with one attached hydrogen (secondary N) is 2. The molecule has 146 valence electrons. The third kappa shape index (κ3) is 4.04. The van der Waals surface area contributed by atoms with Crippen molar-refractivity contribution in [2.45, 2.75) is 19.4 Å². The summed E-state index contributed by atoms with van der Waals surface area (Å²) in [6.07, 6.45) is 3.57. The van der Waals surface area contributed by atoms with E-state index in [0.717, 1.165) is 5.56 Å². The van der Waals surface area contributed by atoms with Gasteiger partial charge in [-0.3, -0.25) is 9.89 Å². The predicted molar refractivity (Wildman–Crippen MR) is 107 cm³/mol. The number of aliphatic hydroxyl groups excluding tert-OH is 1. The Labute approximate surface area is 162 Å². The molecular formula is C21H22FN3O3. The molecule has 7 heteroatoms. The Hall–Kier alpha value is -3.19. The highest BCUT2D eigenvalue weighted by Gasteiger charge is 2.24. The van der Waals surface area contributed by atoms with Gasteiger partial charge >= 0.3 is 0 Å². The number of fused-ring (bicyclic) bond motifs is 1. The Morgan fingerprint density at radius 3 is 2.61 bits per heavy atom. The second-order valence-electron chi connectivity index (χ2n) is 7.06. The number of amides is 1. The van der Waals surface area contributed by atoms with Gasteiger partial charge in [0, 0.05) is 0 Å². The van der Waals surface area contributed by atoms with Crippen molar-refractivity contribution < 1.29 is 19.0 Å². The van der Waals surface area contributed by atoms with E-state index in [-0.39, 0.29) is 18.3 Å². The van der Waals surface area contributed by atoms with E-state index in [0.29, 0.717) is 27.9 Å². The van der Waals surface area contributed by atoms with Gasteiger partial charge in [0.1, 0.15) is 11.6 Å². The maximum atomic E-state index is 13.1. The first-order chi connectivity index (χ1) is 13.3. The first-order valence-corrected chi connectivity index (χ1v) is 8.77. The van der Waals surface area contributed by atoms with Gasteiger partial charge in [0.2, 0.25) is 0 Å². The Kier molecular flexibility index (Phi) is 5.46. The fourth-order valence-corrected chi connectivity index (χ4v) is 2.78. The summed E-state index contributed by atoms with van der Waals surface area (Å²) in [5, 5.41) is 20.1. The number of rotatable bonds is 6. The largest absolute Gasteiger partial charge is 0.495 e. The number of H-pyrrole nitrogens is 1. The summed E-state index contributed by atoms with van der Waals surface area (Å²) >= 11 is 0. The molecule has 28 heavy (non-hydrogen) atoms. The van der Waals surface area contributed by atoms with Gasteiger partial charge in [-0.25, -0.2) is 4.39 Å². The summed E-state index contributed by atoms with van der Waals surface area (Å²) in [6.45, 7) is 3.26. The molecule has 0 saturated carbocycles. The summed E-state index contributed by atoms with van der Waals surface area (Å²) in [5.74, 6) is -0.269. The van der Waals surface area contributed by atoms with E-state index in [4.69, 9.17) is 4.74 Å². The van der Waals surface area contributed by atoms with E-state index in [9.17, 15) is 14.3 Å². The van der Waals surface area contributed by atoms with Crippen LogP contribution in [0.2, 0.25) is 0 Å². The fraction of sp³-hybridized carbons (Fsp3) is 0.238. The van der Waals surface area contributed by atoms with Crippen LogP contribution in [-0.2, 0) is 0 Å². The van der Waals surface area contributed by atoms with Crippen molar-refractivity contribution in [3.8, 4) is 5.75 Å². The molecule has 0 aliphatic rings. The summed E-state index contributed by atoms with van der Waals surface area (Å²) in [6, 6.07) is 9.49. The Morgan fingerprint density at radius 2 is 1.96 bits per heavy atom. The number of benzene rings is 2. The summed E-state index contributed by atoms with van der Waals surface area (Å²) in [5.41, 5.74) is 1.70. The molecule has 3 aromatic rings. The SMILES string of the molecule is COc1c(C(=O)NC(C)(C)CO)ccc2[nH]nc(C=Cc3ccc(F)cc3)c12. The molecule has 1 amide bonds.